The lowest BCUT2D eigenvalue weighted by molar-refractivity contribution is -0.921. The topological polar surface area (TPSA) is 0 Å². The van der Waals surface area contributed by atoms with Crippen molar-refractivity contribution in [3.8, 4) is 0 Å². The maximum Gasteiger partial charge on any atom is 0.643 e. The number of nitrogens with zero attached hydrogens (tertiary/aromatic N) is 1. The Hall–Kier alpha value is 3.24. The minimum absolute atomic E-state index is 0. The van der Waals surface area contributed by atoms with Gasteiger partial charge in [0, 0.05) is 0 Å². The van der Waals surface area contributed by atoms with Gasteiger partial charge in [-0.05, 0) is 27.7 Å². The average Bonchev–Trinajstić information content (AvgIpc) is 2.20. The molecule has 0 atom stereocenters. The quantitative estimate of drug-likeness (QED) is 0.431. The summed E-state index contributed by atoms with van der Waals surface area (Å²) in [5, 5.41) is 0. The van der Waals surface area contributed by atoms with E-state index in [1.54, 1.807) is 0 Å². The van der Waals surface area contributed by atoms with Crippen LogP contribution in [0.1, 0.15) is 27.7 Å². The maximum atomic E-state index is 4.94. The minimum Gasteiger partial charge on any atom is -1.00 e. The van der Waals surface area contributed by atoms with Gasteiger partial charge in [-0.1, -0.05) is 0 Å². The van der Waals surface area contributed by atoms with Crippen LogP contribution in [0.3, 0.4) is 0 Å². The van der Waals surface area contributed by atoms with Gasteiger partial charge in [-0.3, -0.25) is 0 Å². The van der Waals surface area contributed by atoms with E-state index in [9.17, 15) is 0 Å². The number of rotatable bonds is 4. The minimum atomic E-state index is -1.72. The van der Waals surface area contributed by atoms with Gasteiger partial charge in [-0.15, -0.1) is 0 Å². The fourth-order valence-corrected chi connectivity index (χ4v) is 1.34. The highest BCUT2D eigenvalue weighted by molar-refractivity contribution is 7.54. The zero-order chi connectivity index (χ0) is 14.5. The van der Waals surface area contributed by atoms with Gasteiger partial charge in [0.25, 0.3) is 0 Å². The molecule has 18 heavy (non-hydrogen) atoms. The molecular weight excluding hydrogens is 457 g/mol. The molecule has 0 aliphatic carbocycles. The first kappa shape index (κ1) is 29.3. The molecule has 0 N–H and O–H groups in total. The van der Waals surface area contributed by atoms with E-state index < -0.39 is 22.8 Å². The fourth-order valence-electron chi connectivity index (χ4n) is 1.34. The Kier molecular flexibility index (Phi) is 32.9. The molecule has 0 aromatic rings. The van der Waals surface area contributed by atoms with Crippen LogP contribution in [0.15, 0.2) is 0 Å². The molecule has 0 bridgehead atoms. The van der Waals surface area contributed by atoms with E-state index in [2.05, 4.69) is 27.7 Å². The molecule has 0 radical (unpaired) electrons. The predicted molar refractivity (Wildman–Crippen MR) is 89.1 cm³/mol. The van der Waals surface area contributed by atoms with E-state index >= 15 is 0 Å². The molecule has 0 amide bonds. The average molecular weight is 477 g/mol. The molecular formula is C8H20Al2BrCl6N. The van der Waals surface area contributed by atoms with Crippen LogP contribution in [0.25, 0.3) is 0 Å². The lowest BCUT2D eigenvalue weighted by Crippen LogP contribution is -3.00. The Bertz CT molecular complexity index is 123. The van der Waals surface area contributed by atoms with E-state index in [4.69, 9.17) is 60.3 Å². The predicted octanol–water partition coefficient (Wildman–Crippen LogP) is 2.26. The highest BCUT2D eigenvalue weighted by atomic mass is 79.9. The number of hydrogen-bond acceptors (Lipinski definition) is 0. The molecule has 0 spiro atoms. The van der Waals surface area contributed by atoms with Crippen LogP contribution in [-0.2, 0) is 0 Å². The summed E-state index contributed by atoms with van der Waals surface area (Å²) in [6.07, 6.45) is 0. The second kappa shape index (κ2) is 20.2. The van der Waals surface area contributed by atoms with Crippen molar-refractivity contribution in [3.63, 3.8) is 0 Å². The van der Waals surface area contributed by atoms with E-state index in [0.717, 1.165) is 0 Å². The maximum absolute atomic E-state index is 4.94. The molecule has 0 unspecified atom stereocenters. The first-order valence-electron chi connectivity index (χ1n) is 5.40. The molecule has 1 nitrogen and oxygen atoms in total. The van der Waals surface area contributed by atoms with Crippen molar-refractivity contribution in [1.82, 2.24) is 0 Å². The van der Waals surface area contributed by atoms with Gasteiger partial charge >= 0.3 is 22.8 Å². The van der Waals surface area contributed by atoms with Gasteiger partial charge in [0.2, 0.25) is 0 Å². The third kappa shape index (κ3) is 27.6. The fraction of sp³-hybridized carbons (Fsp3) is 1.00. The van der Waals surface area contributed by atoms with Crippen LogP contribution < -0.4 is 17.0 Å². The molecule has 0 aliphatic rings. The molecule has 112 valence electrons. The summed E-state index contributed by atoms with van der Waals surface area (Å²) < 4.78 is 1.28. The lowest BCUT2D eigenvalue weighted by atomic mass is 10.3. The van der Waals surface area contributed by atoms with Gasteiger partial charge in [0.1, 0.15) is 0 Å². The van der Waals surface area contributed by atoms with Crippen LogP contribution in [0.2, 0.25) is 0 Å². The van der Waals surface area contributed by atoms with Gasteiger partial charge in [-0.2, -0.15) is 0 Å². The van der Waals surface area contributed by atoms with Gasteiger partial charge < -0.3 is 21.5 Å². The zero-order valence-electron chi connectivity index (χ0n) is 11.1. The van der Waals surface area contributed by atoms with Crippen LogP contribution in [0.4, 0.5) is 0 Å². The standard InChI is InChI=1S/C8H20N.2Al.BrH.6ClH/c1-5-9(6-2,7-3)8-4;;;;;;;;;/h5-8H2,1-4H3;;;7*1H/q+1;2*+3;;;;;;;/p-7. The summed E-state index contributed by atoms with van der Waals surface area (Å²) in [6.45, 7) is 14.2. The third-order valence-corrected chi connectivity index (χ3v) is 2.68. The molecule has 0 aliphatic heterocycles. The van der Waals surface area contributed by atoms with Gasteiger partial charge in [-0.25, -0.2) is 60.3 Å². The summed E-state index contributed by atoms with van der Waals surface area (Å²) in [5.74, 6) is 0. The van der Waals surface area contributed by atoms with Crippen LogP contribution >= 0.6 is 60.3 Å². The molecule has 10 heteroatoms. The molecule has 0 aromatic carbocycles. The molecule has 0 saturated heterocycles. The summed E-state index contributed by atoms with van der Waals surface area (Å²) in [4.78, 5) is 0. The van der Waals surface area contributed by atoms with E-state index in [1.807, 2.05) is 0 Å². The molecule has 0 fully saturated rings. The number of halogens is 7. The van der Waals surface area contributed by atoms with Crippen LogP contribution in [-0.4, -0.2) is 53.4 Å². The summed E-state index contributed by atoms with van der Waals surface area (Å²) in [6, 6.07) is 0. The smallest absolute Gasteiger partial charge is 0.643 e. The Labute approximate surface area is 156 Å². The van der Waals surface area contributed by atoms with Gasteiger partial charge in [0.05, 0.1) is 26.2 Å². The first-order valence-corrected chi connectivity index (χ1v) is 15.9. The summed E-state index contributed by atoms with van der Waals surface area (Å²) >= 11 is -3.44. The highest BCUT2D eigenvalue weighted by Gasteiger charge is 2.16. The van der Waals surface area contributed by atoms with Crippen molar-refractivity contribution < 1.29 is 21.5 Å². The highest BCUT2D eigenvalue weighted by Crippen LogP contribution is 2.03. The summed E-state index contributed by atoms with van der Waals surface area (Å²) in [7, 11) is 29.7. The van der Waals surface area contributed by atoms with E-state index in [1.165, 1.54) is 30.7 Å². The van der Waals surface area contributed by atoms with Crippen molar-refractivity contribution in [2.45, 2.75) is 27.7 Å². The summed E-state index contributed by atoms with van der Waals surface area (Å²) in [5.41, 5.74) is 0. The Morgan fingerprint density at radius 1 is 0.611 bits per heavy atom. The third-order valence-electron chi connectivity index (χ3n) is 2.68. The molecule has 0 aromatic heterocycles. The van der Waals surface area contributed by atoms with Crippen molar-refractivity contribution in [3.05, 3.63) is 0 Å². The molecule has 0 rings (SSSR count). The van der Waals surface area contributed by atoms with Crippen LogP contribution in [0.5, 0.6) is 0 Å². The van der Waals surface area contributed by atoms with Crippen molar-refractivity contribution in [2.24, 2.45) is 0 Å². The zero-order valence-corrected chi connectivity index (χ0v) is 19.5. The number of quaternary nitrogens is 1. The molecule has 0 saturated carbocycles. The Morgan fingerprint density at radius 3 is 0.722 bits per heavy atom. The van der Waals surface area contributed by atoms with Crippen molar-refractivity contribution >= 4 is 83.1 Å². The van der Waals surface area contributed by atoms with Gasteiger partial charge in [0.15, 0.2) is 0 Å². The van der Waals surface area contributed by atoms with E-state index in [0.29, 0.717) is 0 Å². The first-order chi connectivity index (χ1) is 7.71. The Balaban J connectivity index is -0.0000000922. The normalized spacial score (nSPS) is 9.00. The van der Waals surface area contributed by atoms with Crippen molar-refractivity contribution in [2.75, 3.05) is 26.2 Å². The second-order valence-corrected chi connectivity index (χ2v) is 16.0. The SMILES string of the molecule is CC[N+](CC)(CC)CC.[Br-].[Cl][Al]([Cl])[Cl].[Cl][Al]([Cl])[Cl]. The Morgan fingerprint density at radius 2 is 0.722 bits per heavy atom. The largest absolute Gasteiger partial charge is 1.00 e. The second-order valence-electron chi connectivity index (χ2n) is 3.10. The lowest BCUT2D eigenvalue weighted by Gasteiger charge is -2.34. The van der Waals surface area contributed by atoms with E-state index in [-0.39, 0.29) is 17.0 Å². The van der Waals surface area contributed by atoms with Crippen molar-refractivity contribution in [1.29, 1.82) is 0 Å². The molecule has 0 heterocycles. The monoisotopic (exact) mass is 473 g/mol. The van der Waals surface area contributed by atoms with Crippen LogP contribution in [0, 0.1) is 0 Å². The number of hydrogen-bond donors (Lipinski definition) is 0.